The minimum atomic E-state index is -0.486. The number of pyridine rings is 1. The fraction of sp³-hybridized carbons (Fsp3) is 0.0588. The highest BCUT2D eigenvalue weighted by atomic mass is 79.9. The maximum absolute atomic E-state index is 12.2. The number of halogens is 1. The van der Waals surface area contributed by atoms with Crippen LogP contribution < -0.4 is 5.32 Å². The van der Waals surface area contributed by atoms with Crippen LogP contribution in [0.5, 0.6) is 0 Å². The number of para-hydroxylation sites is 1. The van der Waals surface area contributed by atoms with Crippen molar-refractivity contribution in [3.8, 4) is 0 Å². The van der Waals surface area contributed by atoms with E-state index in [0.29, 0.717) is 10.2 Å². The lowest BCUT2D eigenvalue weighted by Gasteiger charge is -2.08. The van der Waals surface area contributed by atoms with Gasteiger partial charge in [0.05, 0.1) is 21.9 Å². The standard InChI is InChI=1S/C17H12BrN3O3S/c18-13-9-12(21(23)24)6-7-14(13)20-16(22)10-25-15-5-1-3-11-4-2-8-19-17(11)15/h1-9H,10H2,(H,20,22). The number of hydrogen-bond donors (Lipinski definition) is 1. The third-order valence-corrected chi connectivity index (χ3v) is 5.10. The molecule has 126 valence electrons. The number of hydrogen-bond acceptors (Lipinski definition) is 5. The van der Waals surface area contributed by atoms with Crippen LogP contribution in [0.25, 0.3) is 10.9 Å². The summed E-state index contributed by atoms with van der Waals surface area (Å²) in [5.74, 6) is 0.00605. The van der Waals surface area contributed by atoms with E-state index in [4.69, 9.17) is 0 Å². The van der Waals surface area contributed by atoms with Crippen molar-refractivity contribution in [2.45, 2.75) is 4.90 Å². The number of nitrogens with one attached hydrogen (secondary N) is 1. The number of nitro groups is 1. The molecule has 0 fully saturated rings. The molecular weight excluding hydrogens is 406 g/mol. The molecule has 3 aromatic rings. The van der Waals surface area contributed by atoms with Crippen LogP contribution in [0.3, 0.4) is 0 Å². The summed E-state index contributed by atoms with van der Waals surface area (Å²) < 4.78 is 0.465. The van der Waals surface area contributed by atoms with Gasteiger partial charge >= 0.3 is 0 Å². The van der Waals surface area contributed by atoms with Crippen molar-refractivity contribution < 1.29 is 9.72 Å². The van der Waals surface area contributed by atoms with Crippen molar-refractivity contribution >= 4 is 55.9 Å². The van der Waals surface area contributed by atoms with Crippen molar-refractivity contribution in [2.24, 2.45) is 0 Å². The largest absolute Gasteiger partial charge is 0.324 e. The van der Waals surface area contributed by atoms with E-state index in [1.54, 1.807) is 6.20 Å². The molecule has 25 heavy (non-hydrogen) atoms. The number of nitro benzene ring substituents is 1. The Balaban J connectivity index is 1.68. The number of rotatable bonds is 5. The fourth-order valence-electron chi connectivity index (χ4n) is 2.24. The predicted molar refractivity (Wildman–Crippen MR) is 102 cm³/mol. The first-order valence-electron chi connectivity index (χ1n) is 7.25. The number of benzene rings is 2. The summed E-state index contributed by atoms with van der Waals surface area (Å²) in [6, 6.07) is 13.9. The van der Waals surface area contributed by atoms with Crippen molar-refractivity contribution in [3.05, 3.63) is 69.3 Å². The first-order valence-corrected chi connectivity index (χ1v) is 9.03. The van der Waals surface area contributed by atoms with Gasteiger partial charge in [0, 0.05) is 33.1 Å². The van der Waals surface area contributed by atoms with Gasteiger partial charge in [-0.25, -0.2) is 0 Å². The van der Waals surface area contributed by atoms with Gasteiger partial charge in [-0.2, -0.15) is 0 Å². The Morgan fingerprint density at radius 1 is 1.24 bits per heavy atom. The van der Waals surface area contributed by atoms with E-state index in [1.807, 2.05) is 30.3 Å². The molecule has 0 spiro atoms. The second kappa shape index (κ2) is 7.62. The average Bonchev–Trinajstić information content (AvgIpc) is 2.61. The zero-order valence-electron chi connectivity index (χ0n) is 12.8. The van der Waals surface area contributed by atoms with Crippen molar-refractivity contribution in [2.75, 3.05) is 11.1 Å². The summed E-state index contributed by atoms with van der Waals surface area (Å²) >= 11 is 4.63. The Bertz CT molecular complexity index is 960. The number of anilines is 1. The van der Waals surface area contributed by atoms with Crippen LogP contribution in [0.1, 0.15) is 0 Å². The first kappa shape index (κ1) is 17.4. The zero-order chi connectivity index (χ0) is 17.8. The van der Waals surface area contributed by atoms with Crippen LogP contribution in [-0.2, 0) is 4.79 Å². The second-order valence-corrected chi connectivity index (χ2v) is 6.96. The number of nitrogens with zero attached hydrogens (tertiary/aromatic N) is 2. The molecule has 8 heteroatoms. The minimum Gasteiger partial charge on any atom is -0.324 e. The van der Waals surface area contributed by atoms with Crippen molar-refractivity contribution in [3.63, 3.8) is 0 Å². The lowest BCUT2D eigenvalue weighted by Crippen LogP contribution is -2.14. The fourth-order valence-corrected chi connectivity index (χ4v) is 3.55. The average molecular weight is 418 g/mol. The normalized spacial score (nSPS) is 10.6. The van der Waals surface area contributed by atoms with Crippen LogP contribution in [-0.4, -0.2) is 21.6 Å². The molecule has 0 atom stereocenters. The molecule has 0 saturated heterocycles. The van der Waals surface area contributed by atoms with E-state index < -0.39 is 4.92 Å². The molecule has 0 aliphatic carbocycles. The monoisotopic (exact) mass is 417 g/mol. The van der Waals surface area contributed by atoms with Gasteiger partial charge in [-0.05, 0) is 34.1 Å². The number of aromatic nitrogens is 1. The summed E-state index contributed by atoms with van der Waals surface area (Å²) in [6.45, 7) is 0. The number of thioether (sulfide) groups is 1. The maximum Gasteiger partial charge on any atom is 0.270 e. The van der Waals surface area contributed by atoms with E-state index in [9.17, 15) is 14.9 Å². The molecule has 1 aromatic heterocycles. The Hall–Kier alpha value is -2.45. The number of amides is 1. The van der Waals surface area contributed by atoms with Gasteiger partial charge in [-0.15, -0.1) is 11.8 Å². The highest BCUT2D eigenvalue weighted by Gasteiger charge is 2.12. The molecule has 1 amide bonds. The van der Waals surface area contributed by atoms with Crippen LogP contribution >= 0.6 is 27.7 Å². The topological polar surface area (TPSA) is 85.1 Å². The van der Waals surface area contributed by atoms with Crippen molar-refractivity contribution in [1.29, 1.82) is 0 Å². The predicted octanol–water partition coefficient (Wildman–Crippen LogP) is 4.64. The van der Waals surface area contributed by atoms with E-state index in [1.165, 1.54) is 30.0 Å². The summed E-state index contributed by atoms with van der Waals surface area (Å²) in [4.78, 5) is 27.7. The molecule has 0 saturated carbocycles. The molecule has 1 N–H and O–H groups in total. The summed E-state index contributed by atoms with van der Waals surface area (Å²) in [6.07, 6.45) is 1.72. The SMILES string of the molecule is O=C(CSc1cccc2cccnc12)Nc1ccc([N+](=O)[O-])cc1Br. The van der Waals surface area contributed by atoms with Gasteiger partial charge in [0.1, 0.15) is 0 Å². The van der Waals surface area contributed by atoms with Crippen LogP contribution in [0.2, 0.25) is 0 Å². The van der Waals surface area contributed by atoms with Gasteiger partial charge in [0.2, 0.25) is 5.91 Å². The van der Waals surface area contributed by atoms with Crippen LogP contribution in [0.4, 0.5) is 11.4 Å². The van der Waals surface area contributed by atoms with Gasteiger partial charge in [-0.1, -0.05) is 18.2 Å². The van der Waals surface area contributed by atoms with Gasteiger partial charge in [-0.3, -0.25) is 19.9 Å². The highest BCUT2D eigenvalue weighted by Crippen LogP contribution is 2.29. The number of fused-ring (bicyclic) bond motifs is 1. The van der Waals surface area contributed by atoms with E-state index >= 15 is 0 Å². The van der Waals surface area contributed by atoms with E-state index in [2.05, 4.69) is 26.2 Å². The Morgan fingerprint density at radius 2 is 2.04 bits per heavy atom. The molecule has 0 aliphatic rings. The maximum atomic E-state index is 12.2. The lowest BCUT2D eigenvalue weighted by molar-refractivity contribution is -0.384. The highest BCUT2D eigenvalue weighted by molar-refractivity contribution is 9.10. The number of non-ortho nitro benzene ring substituents is 1. The quantitative estimate of drug-likeness (QED) is 0.371. The molecule has 1 heterocycles. The molecule has 0 unspecified atom stereocenters. The zero-order valence-corrected chi connectivity index (χ0v) is 15.2. The Labute approximate surface area is 155 Å². The van der Waals surface area contributed by atoms with Crippen molar-refractivity contribution in [1.82, 2.24) is 4.98 Å². The van der Waals surface area contributed by atoms with Gasteiger partial charge in [0.25, 0.3) is 5.69 Å². The smallest absolute Gasteiger partial charge is 0.270 e. The minimum absolute atomic E-state index is 0.0407. The Morgan fingerprint density at radius 3 is 2.80 bits per heavy atom. The van der Waals surface area contributed by atoms with Crippen LogP contribution in [0, 0.1) is 10.1 Å². The molecule has 6 nitrogen and oxygen atoms in total. The number of carbonyl (C=O) groups is 1. The summed E-state index contributed by atoms with van der Waals surface area (Å²) in [5.41, 5.74) is 1.31. The summed E-state index contributed by atoms with van der Waals surface area (Å²) in [5, 5.41) is 14.5. The van der Waals surface area contributed by atoms with Gasteiger partial charge < -0.3 is 5.32 Å². The number of carbonyl (C=O) groups excluding carboxylic acids is 1. The molecule has 0 aliphatic heterocycles. The molecule has 0 radical (unpaired) electrons. The molecule has 0 bridgehead atoms. The second-order valence-electron chi connectivity index (χ2n) is 5.09. The molecular formula is C17H12BrN3O3S. The lowest BCUT2D eigenvalue weighted by atomic mass is 10.2. The van der Waals surface area contributed by atoms with E-state index in [0.717, 1.165) is 15.8 Å². The van der Waals surface area contributed by atoms with Crippen LogP contribution in [0.15, 0.2) is 64.1 Å². The third-order valence-electron chi connectivity index (χ3n) is 3.39. The van der Waals surface area contributed by atoms with Gasteiger partial charge in [0.15, 0.2) is 0 Å². The summed E-state index contributed by atoms with van der Waals surface area (Å²) in [7, 11) is 0. The third kappa shape index (κ3) is 4.15. The first-order chi connectivity index (χ1) is 12.0. The molecule has 2 aromatic carbocycles. The van der Waals surface area contributed by atoms with E-state index in [-0.39, 0.29) is 17.3 Å². The molecule has 3 rings (SSSR count). The Kier molecular flexibility index (Phi) is 5.30.